The Kier molecular flexibility index (Phi) is 6.05. The first-order valence-corrected chi connectivity index (χ1v) is 10.4. The smallest absolute Gasteiger partial charge is 0.232 e. The van der Waals surface area contributed by atoms with Gasteiger partial charge in [-0.15, -0.1) is 0 Å². The van der Waals surface area contributed by atoms with Gasteiger partial charge in [0.05, 0.1) is 5.56 Å². The number of aryl methyl sites for hydroxylation is 1. The molecular weight excluding hydrogens is 459 g/mol. The van der Waals surface area contributed by atoms with Crippen LogP contribution in [0.5, 0.6) is 11.5 Å². The minimum Gasteiger partial charge on any atom is -0.485 e. The van der Waals surface area contributed by atoms with Crippen LogP contribution in [0.1, 0.15) is 31.8 Å². The molecule has 0 aliphatic carbocycles. The second-order valence-electron chi connectivity index (χ2n) is 6.91. The number of allylic oxidation sites excluding steroid dienone is 1. The molecule has 7 heteroatoms. The molecule has 0 N–H and O–H groups in total. The highest BCUT2D eigenvalue weighted by Gasteiger charge is 2.30. The van der Waals surface area contributed by atoms with Crippen molar-refractivity contribution in [3.05, 3.63) is 97.7 Å². The zero-order valence-electron chi connectivity index (χ0n) is 16.2. The third-order valence-corrected chi connectivity index (χ3v) is 5.67. The highest BCUT2D eigenvalue weighted by atomic mass is 35.5. The molecule has 0 fully saturated rings. The van der Waals surface area contributed by atoms with Crippen molar-refractivity contribution in [3.8, 4) is 11.5 Å². The monoisotopic (exact) mass is 472 g/mol. The lowest BCUT2D eigenvalue weighted by Crippen LogP contribution is -2.11. The molecule has 0 amide bonds. The van der Waals surface area contributed by atoms with Crippen LogP contribution in [0.2, 0.25) is 15.1 Å². The molecule has 0 radical (unpaired) electrons. The van der Waals surface area contributed by atoms with Gasteiger partial charge in [-0.25, -0.2) is 0 Å². The summed E-state index contributed by atoms with van der Waals surface area (Å²) in [5.74, 6) is 0.423. The molecule has 0 aromatic heterocycles. The van der Waals surface area contributed by atoms with E-state index in [1.54, 1.807) is 61.5 Å². The third kappa shape index (κ3) is 4.47. The summed E-state index contributed by atoms with van der Waals surface area (Å²) in [7, 11) is 0. The van der Waals surface area contributed by atoms with Gasteiger partial charge in [0.2, 0.25) is 5.78 Å². The van der Waals surface area contributed by atoms with E-state index in [0.29, 0.717) is 48.8 Å². The van der Waals surface area contributed by atoms with E-state index in [-0.39, 0.29) is 23.9 Å². The number of benzene rings is 3. The summed E-state index contributed by atoms with van der Waals surface area (Å²) in [4.78, 5) is 25.2. The van der Waals surface area contributed by atoms with Gasteiger partial charge < -0.3 is 9.47 Å². The Labute approximate surface area is 193 Å². The molecule has 1 aliphatic rings. The first kappa shape index (κ1) is 21.4. The molecule has 4 rings (SSSR count). The lowest BCUT2D eigenvalue weighted by Gasteiger charge is -2.09. The molecule has 0 bridgehead atoms. The van der Waals surface area contributed by atoms with Crippen molar-refractivity contribution in [1.29, 1.82) is 0 Å². The molecule has 4 nitrogen and oxygen atoms in total. The molecule has 0 unspecified atom stereocenters. The quantitative estimate of drug-likeness (QED) is 0.301. The van der Waals surface area contributed by atoms with Crippen molar-refractivity contribution in [2.75, 3.05) is 6.61 Å². The van der Waals surface area contributed by atoms with Crippen LogP contribution in [-0.2, 0) is 0 Å². The molecule has 1 heterocycles. The number of fused-ring (bicyclic) bond motifs is 1. The first-order chi connectivity index (χ1) is 14.8. The van der Waals surface area contributed by atoms with Gasteiger partial charge in [-0.05, 0) is 61.0 Å². The predicted octanol–water partition coefficient (Wildman–Crippen LogP) is 6.83. The Balaban J connectivity index is 1.55. The van der Waals surface area contributed by atoms with Crippen molar-refractivity contribution < 1.29 is 19.1 Å². The SMILES string of the molecule is Cc1cc(OCC(=O)c2ccc(Cl)cc2)cc2c1C(=O)/C(=C/c1c(Cl)cccc1Cl)O2. The van der Waals surface area contributed by atoms with E-state index in [1.807, 2.05) is 0 Å². The number of carbonyl (C=O) groups is 2. The zero-order valence-corrected chi connectivity index (χ0v) is 18.5. The van der Waals surface area contributed by atoms with E-state index in [4.69, 9.17) is 44.3 Å². The minimum absolute atomic E-state index is 0.113. The number of Topliss-reactive ketones (excluding diaryl/α,β-unsaturated/α-hetero) is 2. The summed E-state index contributed by atoms with van der Waals surface area (Å²) in [5.41, 5.74) is 2.11. The van der Waals surface area contributed by atoms with Gasteiger partial charge in [0.25, 0.3) is 0 Å². The molecule has 0 saturated carbocycles. The normalized spacial score (nSPS) is 13.8. The van der Waals surface area contributed by atoms with Crippen molar-refractivity contribution in [2.24, 2.45) is 0 Å². The summed E-state index contributed by atoms with van der Waals surface area (Å²) >= 11 is 18.2. The lowest BCUT2D eigenvalue weighted by atomic mass is 10.0. The summed E-state index contributed by atoms with van der Waals surface area (Å²) in [6, 6.07) is 14.9. The fourth-order valence-corrected chi connectivity index (χ4v) is 3.84. The first-order valence-electron chi connectivity index (χ1n) is 9.28. The van der Waals surface area contributed by atoms with Gasteiger partial charge in [-0.2, -0.15) is 0 Å². The number of ether oxygens (including phenoxy) is 2. The fourth-order valence-electron chi connectivity index (χ4n) is 3.21. The van der Waals surface area contributed by atoms with Crippen LogP contribution in [0.3, 0.4) is 0 Å². The van der Waals surface area contributed by atoms with E-state index >= 15 is 0 Å². The second-order valence-corrected chi connectivity index (χ2v) is 8.16. The molecule has 0 atom stereocenters. The molecule has 0 saturated heterocycles. The highest BCUT2D eigenvalue weighted by Crippen LogP contribution is 2.38. The largest absolute Gasteiger partial charge is 0.485 e. The van der Waals surface area contributed by atoms with Crippen molar-refractivity contribution in [1.82, 2.24) is 0 Å². The van der Waals surface area contributed by atoms with Gasteiger partial charge in [0.15, 0.2) is 18.1 Å². The van der Waals surface area contributed by atoms with Crippen molar-refractivity contribution in [2.45, 2.75) is 6.92 Å². The standard InChI is InChI=1S/C24H15Cl3O4/c1-13-9-16(30-12-20(28)14-5-7-15(25)8-6-14)10-21-23(13)24(29)22(31-21)11-17-18(26)3-2-4-19(17)27/h2-11H,12H2,1H3/b22-11-. The number of hydrogen-bond donors (Lipinski definition) is 0. The maximum absolute atomic E-state index is 12.8. The molecule has 1 aliphatic heterocycles. The third-order valence-electron chi connectivity index (χ3n) is 4.75. The predicted molar refractivity (Wildman–Crippen MR) is 122 cm³/mol. The van der Waals surface area contributed by atoms with Gasteiger partial charge in [0, 0.05) is 32.3 Å². The van der Waals surface area contributed by atoms with E-state index in [2.05, 4.69) is 0 Å². The number of hydrogen-bond acceptors (Lipinski definition) is 4. The Morgan fingerprint density at radius 2 is 1.71 bits per heavy atom. The Hall–Kier alpha value is -2.79. The van der Waals surface area contributed by atoms with Crippen LogP contribution in [0.4, 0.5) is 0 Å². The minimum atomic E-state index is -0.271. The van der Waals surface area contributed by atoms with E-state index < -0.39 is 0 Å². The van der Waals surface area contributed by atoms with E-state index in [1.165, 1.54) is 6.08 Å². The van der Waals surface area contributed by atoms with Crippen LogP contribution in [0, 0.1) is 6.92 Å². The summed E-state index contributed by atoms with van der Waals surface area (Å²) < 4.78 is 11.4. The molecule has 3 aromatic rings. The highest BCUT2D eigenvalue weighted by molar-refractivity contribution is 6.37. The van der Waals surface area contributed by atoms with Gasteiger partial charge in [0.1, 0.15) is 11.5 Å². The Morgan fingerprint density at radius 1 is 1.03 bits per heavy atom. The number of carbonyl (C=O) groups excluding carboxylic acids is 2. The zero-order chi connectivity index (χ0) is 22.1. The van der Waals surface area contributed by atoms with Crippen LogP contribution in [0.15, 0.2) is 60.4 Å². The topological polar surface area (TPSA) is 52.6 Å². The lowest BCUT2D eigenvalue weighted by molar-refractivity contribution is 0.0920. The molecule has 31 heavy (non-hydrogen) atoms. The summed E-state index contributed by atoms with van der Waals surface area (Å²) in [5, 5.41) is 1.37. The van der Waals surface area contributed by atoms with Crippen LogP contribution >= 0.6 is 34.8 Å². The number of halogens is 3. The maximum atomic E-state index is 12.8. The average Bonchev–Trinajstić information content (AvgIpc) is 3.05. The maximum Gasteiger partial charge on any atom is 0.232 e. The second kappa shape index (κ2) is 8.75. The average molecular weight is 474 g/mol. The van der Waals surface area contributed by atoms with E-state index in [0.717, 1.165) is 0 Å². The van der Waals surface area contributed by atoms with Crippen LogP contribution in [0.25, 0.3) is 6.08 Å². The van der Waals surface area contributed by atoms with Crippen LogP contribution < -0.4 is 9.47 Å². The molecular formula is C24H15Cl3O4. The molecule has 156 valence electrons. The fraction of sp³-hybridized carbons (Fsp3) is 0.0833. The van der Waals surface area contributed by atoms with Gasteiger partial charge in [-0.1, -0.05) is 40.9 Å². The Morgan fingerprint density at radius 3 is 2.39 bits per heavy atom. The summed E-state index contributed by atoms with van der Waals surface area (Å²) in [6.07, 6.45) is 1.52. The van der Waals surface area contributed by atoms with Gasteiger partial charge in [-0.3, -0.25) is 9.59 Å². The number of rotatable bonds is 5. The molecule has 3 aromatic carbocycles. The van der Waals surface area contributed by atoms with Crippen molar-refractivity contribution in [3.63, 3.8) is 0 Å². The van der Waals surface area contributed by atoms with Crippen LogP contribution in [-0.4, -0.2) is 18.2 Å². The summed E-state index contributed by atoms with van der Waals surface area (Å²) in [6.45, 7) is 1.62. The Bertz CT molecular complexity index is 1210. The number of ketones is 2. The van der Waals surface area contributed by atoms with Crippen molar-refractivity contribution >= 4 is 52.4 Å². The molecule has 0 spiro atoms. The van der Waals surface area contributed by atoms with Gasteiger partial charge >= 0.3 is 0 Å². The van der Waals surface area contributed by atoms with E-state index in [9.17, 15) is 9.59 Å².